The summed E-state index contributed by atoms with van der Waals surface area (Å²) in [5.74, 6) is 0. The van der Waals surface area contributed by atoms with Gasteiger partial charge < -0.3 is 15.5 Å². The molecular weight excluding hydrogens is 210 g/mol. The standard InChI is InChI=1S/C14H23N3/c1-13-3-5-14(6-4-13)16-7-2-10-17-11-8-15-9-12-17/h3-6,15-16H,2,7-12H2,1H3. The summed E-state index contributed by atoms with van der Waals surface area (Å²) in [6, 6.07) is 8.61. The lowest BCUT2D eigenvalue weighted by molar-refractivity contribution is 0.240. The van der Waals surface area contributed by atoms with Crippen LogP contribution in [0, 0.1) is 6.92 Å². The smallest absolute Gasteiger partial charge is 0.0340 e. The van der Waals surface area contributed by atoms with Crippen molar-refractivity contribution in [2.45, 2.75) is 13.3 Å². The van der Waals surface area contributed by atoms with Crippen molar-refractivity contribution >= 4 is 5.69 Å². The van der Waals surface area contributed by atoms with Crippen LogP contribution in [0.25, 0.3) is 0 Å². The molecule has 1 aliphatic rings. The summed E-state index contributed by atoms with van der Waals surface area (Å²) >= 11 is 0. The quantitative estimate of drug-likeness (QED) is 0.758. The van der Waals surface area contributed by atoms with E-state index in [1.165, 1.54) is 37.3 Å². The summed E-state index contributed by atoms with van der Waals surface area (Å²) < 4.78 is 0. The Morgan fingerprint density at radius 1 is 1.18 bits per heavy atom. The van der Waals surface area contributed by atoms with Gasteiger partial charge in [-0.15, -0.1) is 0 Å². The minimum atomic E-state index is 1.06. The predicted octanol–water partition coefficient (Wildman–Crippen LogP) is 1.70. The summed E-state index contributed by atoms with van der Waals surface area (Å²) in [5, 5.41) is 6.85. The molecule has 0 amide bonds. The van der Waals surface area contributed by atoms with E-state index < -0.39 is 0 Å². The first-order valence-electron chi connectivity index (χ1n) is 6.58. The highest BCUT2D eigenvalue weighted by Gasteiger charge is 2.07. The largest absolute Gasteiger partial charge is 0.385 e. The van der Waals surface area contributed by atoms with Crippen LogP contribution in [-0.4, -0.2) is 44.2 Å². The number of anilines is 1. The van der Waals surface area contributed by atoms with Crippen LogP contribution in [0.3, 0.4) is 0 Å². The zero-order valence-electron chi connectivity index (χ0n) is 10.7. The molecule has 3 nitrogen and oxygen atoms in total. The van der Waals surface area contributed by atoms with E-state index in [4.69, 9.17) is 0 Å². The molecule has 0 saturated carbocycles. The van der Waals surface area contributed by atoms with Crippen LogP contribution in [0.15, 0.2) is 24.3 Å². The van der Waals surface area contributed by atoms with Crippen molar-refractivity contribution in [2.24, 2.45) is 0 Å². The molecule has 0 radical (unpaired) electrons. The van der Waals surface area contributed by atoms with Gasteiger partial charge in [0.25, 0.3) is 0 Å². The highest BCUT2D eigenvalue weighted by molar-refractivity contribution is 5.44. The van der Waals surface area contributed by atoms with Crippen LogP contribution in [0.5, 0.6) is 0 Å². The van der Waals surface area contributed by atoms with Gasteiger partial charge in [-0.05, 0) is 32.0 Å². The number of hydrogen-bond acceptors (Lipinski definition) is 3. The number of hydrogen-bond donors (Lipinski definition) is 2. The Labute approximate surface area is 104 Å². The fourth-order valence-corrected chi connectivity index (χ4v) is 2.14. The molecule has 3 heteroatoms. The Morgan fingerprint density at radius 2 is 1.88 bits per heavy atom. The molecular formula is C14H23N3. The van der Waals surface area contributed by atoms with Crippen LogP contribution in [0.4, 0.5) is 5.69 Å². The Hall–Kier alpha value is -1.06. The summed E-state index contributed by atoms with van der Waals surface area (Å²) in [6.45, 7) is 9.08. The van der Waals surface area contributed by atoms with Crippen LogP contribution < -0.4 is 10.6 Å². The lowest BCUT2D eigenvalue weighted by atomic mass is 10.2. The van der Waals surface area contributed by atoms with Crippen molar-refractivity contribution in [3.05, 3.63) is 29.8 Å². The lowest BCUT2D eigenvalue weighted by Crippen LogP contribution is -2.44. The molecule has 1 aromatic carbocycles. The average molecular weight is 233 g/mol. The Morgan fingerprint density at radius 3 is 2.59 bits per heavy atom. The molecule has 2 rings (SSSR count). The molecule has 1 aliphatic heterocycles. The highest BCUT2D eigenvalue weighted by Crippen LogP contribution is 2.08. The highest BCUT2D eigenvalue weighted by atomic mass is 15.2. The molecule has 1 heterocycles. The maximum Gasteiger partial charge on any atom is 0.0340 e. The Balaban J connectivity index is 1.60. The van der Waals surface area contributed by atoms with Gasteiger partial charge in [0.2, 0.25) is 0 Å². The SMILES string of the molecule is Cc1ccc(NCCCN2CCNCC2)cc1. The minimum absolute atomic E-state index is 1.06. The number of benzene rings is 1. The van der Waals surface area contributed by atoms with E-state index in [9.17, 15) is 0 Å². The summed E-state index contributed by atoms with van der Waals surface area (Å²) in [4.78, 5) is 2.54. The van der Waals surface area contributed by atoms with Gasteiger partial charge >= 0.3 is 0 Å². The number of rotatable bonds is 5. The number of nitrogens with one attached hydrogen (secondary N) is 2. The first kappa shape index (κ1) is 12.4. The molecule has 17 heavy (non-hydrogen) atoms. The topological polar surface area (TPSA) is 27.3 Å². The summed E-state index contributed by atoms with van der Waals surface area (Å²) in [7, 11) is 0. The van der Waals surface area contributed by atoms with Gasteiger partial charge in [0.05, 0.1) is 0 Å². The van der Waals surface area contributed by atoms with Crippen LogP contribution in [0.1, 0.15) is 12.0 Å². The molecule has 1 fully saturated rings. The van der Waals surface area contributed by atoms with Crippen molar-refractivity contribution in [3.63, 3.8) is 0 Å². The van der Waals surface area contributed by atoms with Crippen LogP contribution >= 0.6 is 0 Å². The summed E-state index contributed by atoms with van der Waals surface area (Å²) in [5.41, 5.74) is 2.55. The zero-order valence-corrected chi connectivity index (χ0v) is 10.7. The van der Waals surface area contributed by atoms with Gasteiger partial charge in [-0.2, -0.15) is 0 Å². The maximum atomic E-state index is 3.47. The second kappa shape index (κ2) is 6.62. The van der Waals surface area contributed by atoms with E-state index >= 15 is 0 Å². The molecule has 94 valence electrons. The number of piperazine rings is 1. The molecule has 0 aliphatic carbocycles. The van der Waals surface area contributed by atoms with Crippen LogP contribution in [-0.2, 0) is 0 Å². The predicted molar refractivity (Wildman–Crippen MR) is 73.6 cm³/mol. The second-order valence-electron chi connectivity index (χ2n) is 4.74. The van der Waals surface area contributed by atoms with Gasteiger partial charge in [0, 0.05) is 38.4 Å². The van der Waals surface area contributed by atoms with E-state index in [-0.39, 0.29) is 0 Å². The zero-order chi connectivity index (χ0) is 11.9. The van der Waals surface area contributed by atoms with Crippen LogP contribution in [0.2, 0.25) is 0 Å². The van der Waals surface area contributed by atoms with Gasteiger partial charge in [-0.1, -0.05) is 17.7 Å². The fourth-order valence-electron chi connectivity index (χ4n) is 2.14. The number of aryl methyl sites for hydroxylation is 1. The minimum Gasteiger partial charge on any atom is -0.385 e. The van der Waals surface area contributed by atoms with Crippen molar-refractivity contribution in [3.8, 4) is 0 Å². The first-order valence-corrected chi connectivity index (χ1v) is 6.58. The Bertz CT molecular complexity index is 315. The average Bonchev–Trinajstić information content (AvgIpc) is 2.38. The van der Waals surface area contributed by atoms with Crippen molar-refractivity contribution < 1.29 is 0 Å². The van der Waals surface area contributed by atoms with Gasteiger partial charge in [0.1, 0.15) is 0 Å². The van der Waals surface area contributed by atoms with Gasteiger partial charge in [0.15, 0.2) is 0 Å². The van der Waals surface area contributed by atoms with E-state index in [2.05, 4.69) is 46.7 Å². The number of nitrogens with zero attached hydrogens (tertiary/aromatic N) is 1. The lowest BCUT2D eigenvalue weighted by Gasteiger charge is -2.27. The molecule has 0 unspecified atom stereocenters. The van der Waals surface area contributed by atoms with E-state index in [0.717, 1.165) is 19.6 Å². The van der Waals surface area contributed by atoms with Crippen molar-refractivity contribution in [1.82, 2.24) is 10.2 Å². The Kier molecular flexibility index (Phi) is 4.83. The molecule has 0 atom stereocenters. The van der Waals surface area contributed by atoms with E-state index in [1.807, 2.05) is 0 Å². The molecule has 0 spiro atoms. The third-order valence-electron chi connectivity index (χ3n) is 3.24. The monoisotopic (exact) mass is 233 g/mol. The fraction of sp³-hybridized carbons (Fsp3) is 0.571. The first-order chi connectivity index (χ1) is 8.34. The van der Waals surface area contributed by atoms with Gasteiger partial charge in [-0.25, -0.2) is 0 Å². The van der Waals surface area contributed by atoms with Gasteiger partial charge in [-0.3, -0.25) is 0 Å². The molecule has 1 saturated heterocycles. The van der Waals surface area contributed by atoms with Crippen molar-refractivity contribution in [2.75, 3.05) is 44.6 Å². The van der Waals surface area contributed by atoms with Crippen molar-refractivity contribution in [1.29, 1.82) is 0 Å². The summed E-state index contributed by atoms with van der Waals surface area (Å²) in [6.07, 6.45) is 1.22. The molecule has 0 aromatic heterocycles. The molecule has 2 N–H and O–H groups in total. The normalized spacial score (nSPS) is 17.0. The third kappa shape index (κ3) is 4.36. The molecule has 1 aromatic rings. The second-order valence-corrected chi connectivity index (χ2v) is 4.74. The van der Waals surface area contributed by atoms with E-state index in [1.54, 1.807) is 0 Å². The maximum absolute atomic E-state index is 3.47. The molecule has 0 bridgehead atoms. The van der Waals surface area contributed by atoms with E-state index in [0.29, 0.717) is 0 Å². The third-order valence-corrected chi connectivity index (χ3v) is 3.24.